The van der Waals surface area contributed by atoms with Crippen molar-refractivity contribution in [3.8, 4) is 11.1 Å². The van der Waals surface area contributed by atoms with Crippen molar-refractivity contribution < 1.29 is 4.42 Å². The van der Waals surface area contributed by atoms with Crippen molar-refractivity contribution in [1.29, 1.82) is 0 Å². The SMILES string of the molecule is CCc1coc2cc(-c3cccnc3)ccc12. The van der Waals surface area contributed by atoms with Gasteiger partial charge < -0.3 is 4.42 Å². The third-order valence-electron chi connectivity index (χ3n) is 3.03. The van der Waals surface area contributed by atoms with Crippen LogP contribution >= 0.6 is 0 Å². The van der Waals surface area contributed by atoms with Gasteiger partial charge in [0.15, 0.2) is 0 Å². The van der Waals surface area contributed by atoms with Gasteiger partial charge in [0.2, 0.25) is 0 Å². The van der Waals surface area contributed by atoms with E-state index >= 15 is 0 Å². The van der Waals surface area contributed by atoms with Crippen molar-refractivity contribution in [2.45, 2.75) is 13.3 Å². The molecule has 2 aromatic heterocycles. The third-order valence-corrected chi connectivity index (χ3v) is 3.03. The van der Waals surface area contributed by atoms with Crippen molar-refractivity contribution in [3.05, 3.63) is 54.6 Å². The second-order valence-corrected chi connectivity index (χ2v) is 4.07. The summed E-state index contributed by atoms with van der Waals surface area (Å²) in [5.74, 6) is 0. The van der Waals surface area contributed by atoms with Crippen LogP contribution in [0.25, 0.3) is 22.1 Å². The molecule has 3 aromatic rings. The molecule has 2 heterocycles. The molecule has 0 N–H and O–H groups in total. The Hall–Kier alpha value is -2.09. The Morgan fingerprint density at radius 1 is 1.18 bits per heavy atom. The van der Waals surface area contributed by atoms with Crippen molar-refractivity contribution in [2.75, 3.05) is 0 Å². The fourth-order valence-corrected chi connectivity index (χ4v) is 2.07. The number of nitrogens with zero attached hydrogens (tertiary/aromatic N) is 1. The maximum atomic E-state index is 5.58. The van der Waals surface area contributed by atoms with E-state index in [1.165, 1.54) is 10.9 Å². The minimum atomic E-state index is 0.947. The van der Waals surface area contributed by atoms with Crippen LogP contribution in [0.2, 0.25) is 0 Å². The first kappa shape index (κ1) is 10.1. The zero-order chi connectivity index (χ0) is 11.7. The molecule has 0 aliphatic heterocycles. The summed E-state index contributed by atoms with van der Waals surface area (Å²) in [5, 5.41) is 1.21. The van der Waals surface area contributed by atoms with Crippen LogP contribution in [0.5, 0.6) is 0 Å². The van der Waals surface area contributed by atoms with Gasteiger partial charge >= 0.3 is 0 Å². The van der Waals surface area contributed by atoms with Crippen molar-refractivity contribution in [3.63, 3.8) is 0 Å². The fraction of sp³-hybridized carbons (Fsp3) is 0.133. The third kappa shape index (κ3) is 1.72. The maximum Gasteiger partial charge on any atom is 0.134 e. The molecule has 2 nitrogen and oxygen atoms in total. The molecule has 0 atom stereocenters. The lowest BCUT2D eigenvalue weighted by Crippen LogP contribution is -1.80. The number of rotatable bonds is 2. The number of pyridine rings is 1. The van der Waals surface area contributed by atoms with Crippen LogP contribution < -0.4 is 0 Å². The molecule has 1 aromatic carbocycles. The first-order valence-corrected chi connectivity index (χ1v) is 5.79. The van der Waals surface area contributed by atoms with E-state index in [0.29, 0.717) is 0 Å². The van der Waals surface area contributed by atoms with E-state index in [4.69, 9.17) is 4.42 Å². The van der Waals surface area contributed by atoms with Crippen molar-refractivity contribution in [2.24, 2.45) is 0 Å². The Kier molecular flexibility index (Phi) is 2.41. The second kappa shape index (κ2) is 4.06. The number of furan rings is 1. The summed E-state index contributed by atoms with van der Waals surface area (Å²) >= 11 is 0. The Balaban J connectivity index is 2.15. The summed E-state index contributed by atoms with van der Waals surface area (Å²) in [7, 11) is 0. The average molecular weight is 223 g/mol. The van der Waals surface area contributed by atoms with E-state index in [9.17, 15) is 0 Å². The molecule has 0 bridgehead atoms. The molecule has 0 saturated heterocycles. The first-order chi connectivity index (χ1) is 8.38. The van der Waals surface area contributed by atoms with Gasteiger partial charge in [-0.05, 0) is 29.7 Å². The van der Waals surface area contributed by atoms with E-state index in [1.54, 1.807) is 6.20 Å². The number of hydrogen-bond acceptors (Lipinski definition) is 2. The van der Waals surface area contributed by atoms with Gasteiger partial charge in [0, 0.05) is 23.3 Å². The molecule has 0 saturated carbocycles. The highest BCUT2D eigenvalue weighted by molar-refractivity contribution is 5.85. The highest BCUT2D eigenvalue weighted by Gasteiger charge is 2.05. The predicted octanol–water partition coefficient (Wildman–Crippen LogP) is 4.06. The molecule has 0 unspecified atom stereocenters. The summed E-state index contributed by atoms with van der Waals surface area (Å²) in [6, 6.07) is 10.3. The number of benzene rings is 1. The highest BCUT2D eigenvalue weighted by atomic mass is 16.3. The van der Waals surface area contributed by atoms with Gasteiger partial charge in [0.25, 0.3) is 0 Å². The monoisotopic (exact) mass is 223 g/mol. The number of fused-ring (bicyclic) bond motifs is 1. The number of aromatic nitrogens is 1. The van der Waals surface area contributed by atoms with Crippen LogP contribution in [0.1, 0.15) is 12.5 Å². The Bertz CT molecular complexity index is 640. The first-order valence-electron chi connectivity index (χ1n) is 5.79. The normalized spacial score (nSPS) is 10.9. The van der Waals surface area contributed by atoms with Crippen LogP contribution in [0.3, 0.4) is 0 Å². The lowest BCUT2D eigenvalue weighted by molar-refractivity contribution is 0.611. The lowest BCUT2D eigenvalue weighted by atomic mass is 10.0. The van der Waals surface area contributed by atoms with Gasteiger partial charge in [-0.1, -0.05) is 25.1 Å². The van der Waals surface area contributed by atoms with Crippen LogP contribution in [-0.2, 0) is 6.42 Å². The molecular weight excluding hydrogens is 210 g/mol. The van der Waals surface area contributed by atoms with Gasteiger partial charge in [-0.3, -0.25) is 4.98 Å². The summed E-state index contributed by atoms with van der Waals surface area (Å²) in [6.07, 6.45) is 6.49. The van der Waals surface area contributed by atoms with Crippen LogP contribution in [0.4, 0.5) is 0 Å². The lowest BCUT2D eigenvalue weighted by Gasteiger charge is -2.00. The molecule has 0 spiro atoms. The number of hydrogen-bond donors (Lipinski definition) is 0. The van der Waals surface area contributed by atoms with Gasteiger partial charge in [0.1, 0.15) is 5.58 Å². The van der Waals surface area contributed by atoms with Crippen LogP contribution in [0, 0.1) is 0 Å². The van der Waals surface area contributed by atoms with Gasteiger partial charge in [0.05, 0.1) is 6.26 Å². The average Bonchev–Trinajstić information content (AvgIpc) is 2.81. The molecule has 0 aliphatic rings. The molecule has 84 valence electrons. The largest absolute Gasteiger partial charge is 0.464 e. The topological polar surface area (TPSA) is 26.0 Å². The maximum absolute atomic E-state index is 5.58. The minimum absolute atomic E-state index is 0.947. The molecule has 0 amide bonds. The summed E-state index contributed by atoms with van der Waals surface area (Å²) in [5.41, 5.74) is 4.47. The van der Waals surface area contributed by atoms with Gasteiger partial charge in [-0.2, -0.15) is 0 Å². The molecule has 0 fully saturated rings. The van der Waals surface area contributed by atoms with Crippen molar-refractivity contribution in [1.82, 2.24) is 4.98 Å². The fourth-order valence-electron chi connectivity index (χ4n) is 2.07. The Morgan fingerprint density at radius 3 is 2.88 bits per heavy atom. The summed E-state index contributed by atoms with van der Waals surface area (Å²) < 4.78 is 5.58. The standard InChI is InChI=1S/C15H13NO/c1-2-11-10-17-15-8-12(5-6-14(11)15)13-4-3-7-16-9-13/h3-10H,2H2,1H3. The molecule has 0 aliphatic carbocycles. The molecule has 2 heteroatoms. The number of aryl methyl sites for hydroxylation is 1. The van der Waals surface area contributed by atoms with Gasteiger partial charge in [-0.25, -0.2) is 0 Å². The van der Waals surface area contributed by atoms with Crippen LogP contribution in [-0.4, -0.2) is 4.98 Å². The van der Waals surface area contributed by atoms with Crippen molar-refractivity contribution >= 4 is 11.0 Å². The zero-order valence-electron chi connectivity index (χ0n) is 9.68. The predicted molar refractivity (Wildman–Crippen MR) is 68.8 cm³/mol. The zero-order valence-corrected chi connectivity index (χ0v) is 9.68. The van der Waals surface area contributed by atoms with E-state index in [1.807, 2.05) is 18.5 Å². The van der Waals surface area contributed by atoms with Crippen LogP contribution in [0.15, 0.2) is 53.4 Å². The summed E-state index contributed by atoms with van der Waals surface area (Å²) in [4.78, 5) is 4.13. The van der Waals surface area contributed by atoms with E-state index in [0.717, 1.165) is 23.1 Å². The highest BCUT2D eigenvalue weighted by Crippen LogP contribution is 2.27. The molecule has 0 radical (unpaired) electrons. The quantitative estimate of drug-likeness (QED) is 0.654. The van der Waals surface area contributed by atoms with E-state index in [2.05, 4.69) is 36.2 Å². The minimum Gasteiger partial charge on any atom is -0.464 e. The molecule has 17 heavy (non-hydrogen) atoms. The smallest absolute Gasteiger partial charge is 0.134 e. The Labute approximate surface area is 99.9 Å². The van der Waals surface area contributed by atoms with E-state index < -0.39 is 0 Å². The molecular formula is C15H13NO. The van der Waals surface area contributed by atoms with Gasteiger partial charge in [-0.15, -0.1) is 0 Å². The second-order valence-electron chi connectivity index (χ2n) is 4.07. The summed E-state index contributed by atoms with van der Waals surface area (Å²) in [6.45, 7) is 2.14. The van der Waals surface area contributed by atoms with E-state index in [-0.39, 0.29) is 0 Å². The Morgan fingerprint density at radius 2 is 2.12 bits per heavy atom. The molecule has 3 rings (SSSR count).